The van der Waals surface area contributed by atoms with Crippen molar-refractivity contribution in [3.63, 3.8) is 0 Å². The van der Waals surface area contributed by atoms with Crippen LogP contribution in [0.2, 0.25) is 0 Å². The molecule has 0 aliphatic heterocycles. The SMILES string of the molecule is CC(CCN(C)C)NC(C)c1cccnc1. The van der Waals surface area contributed by atoms with Crippen LogP contribution in [0.3, 0.4) is 0 Å². The lowest BCUT2D eigenvalue weighted by atomic mass is 10.1. The molecule has 0 fully saturated rings. The maximum absolute atomic E-state index is 4.14. The van der Waals surface area contributed by atoms with Crippen molar-refractivity contribution in [2.24, 2.45) is 0 Å². The third-order valence-corrected chi connectivity index (χ3v) is 2.73. The van der Waals surface area contributed by atoms with Crippen molar-refractivity contribution in [1.29, 1.82) is 0 Å². The zero-order chi connectivity index (χ0) is 12.0. The van der Waals surface area contributed by atoms with Crippen molar-refractivity contribution in [3.8, 4) is 0 Å². The number of nitrogens with zero attached hydrogens (tertiary/aromatic N) is 2. The lowest BCUT2D eigenvalue weighted by Crippen LogP contribution is -2.31. The van der Waals surface area contributed by atoms with E-state index in [1.165, 1.54) is 5.56 Å². The van der Waals surface area contributed by atoms with E-state index in [0.29, 0.717) is 12.1 Å². The van der Waals surface area contributed by atoms with Crippen LogP contribution >= 0.6 is 0 Å². The monoisotopic (exact) mass is 221 g/mol. The van der Waals surface area contributed by atoms with E-state index < -0.39 is 0 Å². The van der Waals surface area contributed by atoms with E-state index in [2.05, 4.69) is 49.2 Å². The highest BCUT2D eigenvalue weighted by molar-refractivity contribution is 5.12. The highest BCUT2D eigenvalue weighted by atomic mass is 15.1. The number of hydrogen-bond acceptors (Lipinski definition) is 3. The first-order valence-corrected chi connectivity index (χ1v) is 5.90. The van der Waals surface area contributed by atoms with Gasteiger partial charge in [-0.25, -0.2) is 0 Å². The second-order valence-electron chi connectivity index (χ2n) is 4.67. The number of hydrogen-bond donors (Lipinski definition) is 1. The minimum Gasteiger partial charge on any atom is -0.309 e. The van der Waals surface area contributed by atoms with Crippen molar-refractivity contribution in [1.82, 2.24) is 15.2 Å². The maximum Gasteiger partial charge on any atom is 0.0315 e. The van der Waals surface area contributed by atoms with Gasteiger partial charge < -0.3 is 10.2 Å². The average Bonchev–Trinajstić information content (AvgIpc) is 2.27. The molecule has 0 aliphatic carbocycles. The quantitative estimate of drug-likeness (QED) is 0.797. The van der Waals surface area contributed by atoms with Gasteiger partial charge >= 0.3 is 0 Å². The van der Waals surface area contributed by atoms with Crippen LogP contribution in [0.15, 0.2) is 24.5 Å². The Bertz CT molecular complexity index is 284. The van der Waals surface area contributed by atoms with Crippen LogP contribution in [0.1, 0.15) is 31.9 Å². The van der Waals surface area contributed by atoms with Crippen LogP contribution in [-0.4, -0.2) is 36.6 Å². The summed E-state index contributed by atoms with van der Waals surface area (Å²) in [5.41, 5.74) is 1.25. The number of aromatic nitrogens is 1. The summed E-state index contributed by atoms with van der Waals surface area (Å²) in [5, 5.41) is 3.58. The van der Waals surface area contributed by atoms with Gasteiger partial charge in [0.2, 0.25) is 0 Å². The van der Waals surface area contributed by atoms with Crippen LogP contribution in [0.5, 0.6) is 0 Å². The van der Waals surface area contributed by atoms with Gasteiger partial charge in [0, 0.05) is 24.5 Å². The van der Waals surface area contributed by atoms with Crippen molar-refractivity contribution >= 4 is 0 Å². The molecule has 0 spiro atoms. The second-order valence-corrected chi connectivity index (χ2v) is 4.67. The van der Waals surface area contributed by atoms with Crippen LogP contribution in [0, 0.1) is 0 Å². The van der Waals surface area contributed by atoms with E-state index in [4.69, 9.17) is 0 Å². The van der Waals surface area contributed by atoms with Gasteiger partial charge in [0.25, 0.3) is 0 Å². The number of pyridine rings is 1. The molecule has 90 valence electrons. The van der Waals surface area contributed by atoms with Crippen LogP contribution in [0.4, 0.5) is 0 Å². The third kappa shape index (κ3) is 4.73. The molecule has 16 heavy (non-hydrogen) atoms. The van der Waals surface area contributed by atoms with Crippen molar-refractivity contribution in [2.45, 2.75) is 32.4 Å². The van der Waals surface area contributed by atoms with Gasteiger partial charge in [-0.3, -0.25) is 4.98 Å². The number of rotatable bonds is 6. The Hall–Kier alpha value is -0.930. The Morgan fingerprint density at radius 1 is 1.38 bits per heavy atom. The standard InChI is InChI=1S/C13H23N3/c1-11(7-9-16(3)4)15-12(2)13-6-5-8-14-10-13/h5-6,8,10-12,15H,7,9H2,1-4H3. The molecular weight excluding hydrogens is 198 g/mol. The summed E-state index contributed by atoms with van der Waals surface area (Å²) in [4.78, 5) is 6.35. The van der Waals surface area contributed by atoms with Gasteiger partial charge in [0.1, 0.15) is 0 Å². The molecule has 0 aliphatic rings. The molecule has 1 aromatic rings. The van der Waals surface area contributed by atoms with Crippen molar-refractivity contribution < 1.29 is 0 Å². The Balaban J connectivity index is 2.36. The Labute approximate surface area is 98.9 Å². The van der Waals surface area contributed by atoms with Crippen LogP contribution < -0.4 is 5.32 Å². The van der Waals surface area contributed by atoms with Crippen molar-refractivity contribution in [3.05, 3.63) is 30.1 Å². The maximum atomic E-state index is 4.14. The molecule has 2 unspecified atom stereocenters. The summed E-state index contributed by atoms with van der Waals surface area (Å²) < 4.78 is 0. The topological polar surface area (TPSA) is 28.2 Å². The smallest absolute Gasteiger partial charge is 0.0315 e. The predicted octanol–water partition coefficient (Wildman–Crippen LogP) is 2.07. The Morgan fingerprint density at radius 2 is 2.12 bits per heavy atom. The molecule has 0 aromatic carbocycles. The summed E-state index contributed by atoms with van der Waals surface area (Å²) in [6.45, 7) is 5.54. The highest BCUT2D eigenvalue weighted by Gasteiger charge is 2.09. The minimum atomic E-state index is 0.367. The fourth-order valence-electron chi connectivity index (χ4n) is 1.69. The van der Waals surface area contributed by atoms with Crippen LogP contribution in [0.25, 0.3) is 0 Å². The largest absolute Gasteiger partial charge is 0.309 e. The normalized spacial score (nSPS) is 15.1. The zero-order valence-electron chi connectivity index (χ0n) is 10.8. The molecule has 0 radical (unpaired) electrons. The van der Waals surface area contributed by atoms with E-state index in [9.17, 15) is 0 Å². The fraction of sp³-hybridized carbons (Fsp3) is 0.615. The summed E-state index contributed by atoms with van der Waals surface area (Å²) in [5.74, 6) is 0. The molecule has 0 saturated carbocycles. The lowest BCUT2D eigenvalue weighted by Gasteiger charge is -2.21. The first-order chi connectivity index (χ1) is 7.59. The highest BCUT2D eigenvalue weighted by Crippen LogP contribution is 2.11. The van der Waals surface area contributed by atoms with Gasteiger partial charge in [-0.05, 0) is 52.5 Å². The Morgan fingerprint density at radius 3 is 2.69 bits per heavy atom. The zero-order valence-corrected chi connectivity index (χ0v) is 10.8. The van der Waals surface area contributed by atoms with E-state index in [0.717, 1.165) is 13.0 Å². The minimum absolute atomic E-state index is 0.367. The van der Waals surface area contributed by atoms with E-state index in [-0.39, 0.29) is 0 Å². The molecule has 0 bridgehead atoms. The molecule has 1 N–H and O–H groups in total. The van der Waals surface area contributed by atoms with Gasteiger partial charge in [0.15, 0.2) is 0 Å². The van der Waals surface area contributed by atoms with E-state index in [1.54, 1.807) is 0 Å². The molecule has 2 atom stereocenters. The van der Waals surface area contributed by atoms with Crippen molar-refractivity contribution in [2.75, 3.05) is 20.6 Å². The number of nitrogens with one attached hydrogen (secondary N) is 1. The van der Waals surface area contributed by atoms with Crippen LogP contribution in [-0.2, 0) is 0 Å². The third-order valence-electron chi connectivity index (χ3n) is 2.73. The second kappa shape index (κ2) is 6.61. The summed E-state index contributed by atoms with van der Waals surface area (Å²) in [6, 6.07) is 4.99. The molecule has 1 rings (SSSR count). The molecular formula is C13H23N3. The van der Waals surface area contributed by atoms with Gasteiger partial charge in [-0.1, -0.05) is 6.07 Å². The Kier molecular flexibility index (Phi) is 5.43. The fourth-order valence-corrected chi connectivity index (χ4v) is 1.69. The molecule has 3 heteroatoms. The summed E-state index contributed by atoms with van der Waals surface area (Å²) in [7, 11) is 4.22. The first kappa shape index (κ1) is 13.1. The molecule has 0 amide bonds. The predicted molar refractivity (Wildman–Crippen MR) is 68.4 cm³/mol. The summed E-state index contributed by atoms with van der Waals surface area (Å²) in [6.07, 6.45) is 4.90. The van der Waals surface area contributed by atoms with Gasteiger partial charge in [-0.2, -0.15) is 0 Å². The molecule has 1 heterocycles. The first-order valence-electron chi connectivity index (χ1n) is 5.90. The van der Waals surface area contributed by atoms with Gasteiger partial charge in [0.05, 0.1) is 0 Å². The summed E-state index contributed by atoms with van der Waals surface area (Å²) >= 11 is 0. The average molecular weight is 221 g/mol. The molecule has 1 aromatic heterocycles. The van der Waals surface area contributed by atoms with Gasteiger partial charge in [-0.15, -0.1) is 0 Å². The van der Waals surface area contributed by atoms with E-state index in [1.807, 2.05) is 18.5 Å². The molecule has 0 saturated heterocycles. The van der Waals surface area contributed by atoms with E-state index >= 15 is 0 Å². The lowest BCUT2D eigenvalue weighted by molar-refractivity contribution is 0.354. The molecule has 3 nitrogen and oxygen atoms in total.